The number of amides is 1. The predicted molar refractivity (Wildman–Crippen MR) is 126 cm³/mol. The van der Waals surface area contributed by atoms with E-state index in [1.54, 1.807) is 0 Å². The number of nitrogens with one attached hydrogen (secondary N) is 1. The number of hydrogen-bond donors (Lipinski definition) is 2. The Balaban J connectivity index is 1.60. The Kier molecular flexibility index (Phi) is 6.46. The minimum absolute atomic E-state index is 0.0572. The zero-order chi connectivity index (χ0) is 22.3. The quantitative estimate of drug-likeness (QED) is 0.415. The molecule has 4 rings (SSSR count). The molecule has 0 unspecified atom stereocenters. The Hall–Kier alpha value is -4.13. The third kappa shape index (κ3) is 4.95. The molecule has 0 saturated heterocycles. The van der Waals surface area contributed by atoms with Gasteiger partial charge in [0.2, 0.25) is 5.91 Å². The molecule has 0 aliphatic rings. The molecule has 162 valence electrons. The Bertz CT molecular complexity index is 1250. The first-order chi connectivity index (χ1) is 15.6. The number of rotatable bonds is 8. The fraction of sp³-hybridized carbons (Fsp3) is 0.160. The number of fused-ring (bicyclic) bond motifs is 1. The molecule has 3 N–H and O–H groups in total. The maximum Gasteiger partial charge on any atom is 0.217 e. The van der Waals surface area contributed by atoms with Gasteiger partial charge >= 0.3 is 0 Å². The molecule has 0 radical (unpaired) electrons. The standard InChI is InChI=1S/C25H25N5O2/c1-18(31)27-12-5-6-13-30-15-22(23-24(26)28-17-29-25(23)30)20-10-7-11-21(14-20)32-16-19-8-3-2-4-9-19/h2-11,14-15,17H,12-13,16H2,1H3,(H,27,31)(H2,26,28,29)/b6-5+. The monoisotopic (exact) mass is 427 g/mol. The molecule has 2 aromatic heterocycles. The topological polar surface area (TPSA) is 95.1 Å². The van der Waals surface area contributed by atoms with Crippen LogP contribution in [0.3, 0.4) is 0 Å². The van der Waals surface area contributed by atoms with Crippen LogP contribution in [-0.4, -0.2) is 27.0 Å². The lowest BCUT2D eigenvalue weighted by molar-refractivity contribution is -0.118. The number of benzene rings is 2. The highest BCUT2D eigenvalue weighted by molar-refractivity contribution is 6.00. The van der Waals surface area contributed by atoms with E-state index in [0.29, 0.717) is 25.5 Å². The van der Waals surface area contributed by atoms with E-state index in [0.717, 1.165) is 33.5 Å². The van der Waals surface area contributed by atoms with Gasteiger partial charge in [0, 0.05) is 31.8 Å². The number of aromatic nitrogens is 3. The molecule has 2 aromatic carbocycles. The van der Waals surface area contributed by atoms with Crippen molar-refractivity contribution in [2.45, 2.75) is 20.1 Å². The molecule has 0 aliphatic heterocycles. The summed E-state index contributed by atoms with van der Waals surface area (Å²) >= 11 is 0. The first kappa shape index (κ1) is 21.1. The number of nitrogen functional groups attached to an aromatic ring is 1. The molecule has 0 aliphatic carbocycles. The maximum absolute atomic E-state index is 11.0. The zero-order valence-electron chi connectivity index (χ0n) is 17.9. The molecule has 7 heteroatoms. The summed E-state index contributed by atoms with van der Waals surface area (Å²) in [6.45, 7) is 3.07. The van der Waals surface area contributed by atoms with Crippen LogP contribution in [0.1, 0.15) is 12.5 Å². The summed E-state index contributed by atoms with van der Waals surface area (Å²) in [4.78, 5) is 19.7. The van der Waals surface area contributed by atoms with E-state index in [4.69, 9.17) is 10.5 Å². The van der Waals surface area contributed by atoms with Crippen molar-refractivity contribution in [2.24, 2.45) is 0 Å². The van der Waals surface area contributed by atoms with Gasteiger partial charge in [-0.2, -0.15) is 0 Å². The number of anilines is 1. The molecular formula is C25H25N5O2. The summed E-state index contributed by atoms with van der Waals surface area (Å²) < 4.78 is 8.02. The van der Waals surface area contributed by atoms with Crippen molar-refractivity contribution in [3.05, 3.63) is 84.8 Å². The van der Waals surface area contributed by atoms with Gasteiger partial charge in [-0.05, 0) is 23.3 Å². The summed E-state index contributed by atoms with van der Waals surface area (Å²) in [7, 11) is 0. The first-order valence-corrected chi connectivity index (χ1v) is 10.4. The fourth-order valence-corrected chi connectivity index (χ4v) is 3.47. The van der Waals surface area contributed by atoms with E-state index in [2.05, 4.69) is 15.3 Å². The van der Waals surface area contributed by atoms with Crippen molar-refractivity contribution in [1.29, 1.82) is 0 Å². The molecule has 0 spiro atoms. The molecule has 0 fully saturated rings. The van der Waals surface area contributed by atoms with Crippen LogP contribution in [0.25, 0.3) is 22.2 Å². The lowest BCUT2D eigenvalue weighted by Crippen LogP contribution is -2.19. The van der Waals surface area contributed by atoms with Gasteiger partial charge in [0.05, 0.1) is 5.39 Å². The minimum Gasteiger partial charge on any atom is -0.489 e. The predicted octanol–water partition coefficient (Wildman–Crippen LogP) is 3.95. The molecule has 32 heavy (non-hydrogen) atoms. The van der Waals surface area contributed by atoms with Gasteiger partial charge in [-0.1, -0.05) is 54.6 Å². The molecule has 1 amide bonds. The van der Waals surface area contributed by atoms with Crippen LogP contribution in [0.2, 0.25) is 0 Å². The Morgan fingerprint density at radius 3 is 2.78 bits per heavy atom. The number of allylic oxidation sites excluding steroid dienone is 1. The van der Waals surface area contributed by atoms with Crippen molar-refractivity contribution in [1.82, 2.24) is 19.9 Å². The van der Waals surface area contributed by atoms with E-state index in [9.17, 15) is 4.79 Å². The summed E-state index contributed by atoms with van der Waals surface area (Å²) in [5, 5.41) is 3.55. The van der Waals surface area contributed by atoms with E-state index >= 15 is 0 Å². The fourth-order valence-electron chi connectivity index (χ4n) is 3.47. The summed E-state index contributed by atoms with van der Waals surface area (Å²) in [5.41, 5.74) is 10.0. The largest absolute Gasteiger partial charge is 0.489 e. The van der Waals surface area contributed by atoms with Gasteiger partial charge in [-0.15, -0.1) is 0 Å². The smallest absolute Gasteiger partial charge is 0.217 e. The first-order valence-electron chi connectivity index (χ1n) is 10.4. The van der Waals surface area contributed by atoms with Gasteiger partial charge in [0.25, 0.3) is 0 Å². The van der Waals surface area contributed by atoms with Crippen LogP contribution in [0.5, 0.6) is 5.75 Å². The van der Waals surface area contributed by atoms with Crippen molar-refractivity contribution in [3.63, 3.8) is 0 Å². The molecule has 7 nitrogen and oxygen atoms in total. The minimum atomic E-state index is -0.0572. The van der Waals surface area contributed by atoms with Crippen LogP contribution >= 0.6 is 0 Å². The van der Waals surface area contributed by atoms with Crippen LogP contribution in [0, 0.1) is 0 Å². The molecule has 2 heterocycles. The second-order valence-corrected chi connectivity index (χ2v) is 7.36. The number of carbonyl (C=O) groups is 1. The number of hydrogen-bond acceptors (Lipinski definition) is 5. The van der Waals surface area contributed by atoms with Crippen molar-refractivity contribution >= 4 is 22.8 Å². The highest BCUT2D eigenvalue weighted by Crippen LogP contribution is 2.34. The lowest BCUT2D eigenvalue weighted by Gasteiger charge is -2.08. The van der Waals surface area contributed by atoms with E-state index < -0.39 is 0 Å². The van der Waals surface area contributed by atoms with Crippen molar-refractivity contribution in [3.8, 4) is 16.9 Å². The van der Waals surface area contributed by atoms with Gasteiger partial charge in [-0.3, -0.25) is 4.79 Å². The van der Waals surface area contributed by atoms with Crippen molar-refractivity contribution in [2.75, 3.05) is 12.3 Å². The Morgan fingerprint density at radius 2 is 1.97 bits per heavy atom. The molecule has 0 bridgehead atoms. The normalized spacial score (nSPS) is 11.2. The average molecular weight is 428 g/mol. The van der Waals surface area contributed by atoms with Gasteiger partial charge in [0.15, 0.2) is 0 Å². The molecular weight excluding hydrogens is 402 g/mol. The van der Waals surface area contributed by atoms with E-state index in [1.165, 1.54) is 13.3 Å². The zero-order valence-corrected chi connectivity index (χ0v) is 17.9. The summed E-state index contributed by atoms with van der Waals surface area (Å²) in [6.07, 6.45) is 7.39. The van der Waals surface area contributed by atoms with Gasteiger partial charge < -0.3 is 20.4 Å². The van der Waals surface area contributed by atoms with E-state index in [-0.39, 0.29) is 5.91 Å². The third-order valence-corrected chi connectivity index (χ3v) is 5.01. The highest BCUT2D eigenvalue weighted by atomic mass is 16.5. The van der Waals surface area contributed by atoms with Crippen LogP contribution in [-0.2, 0) is 17.9 Å². The van der Waals surface area contributed by atoms with Gasteiger partial charge in [-0.25, -0.2) is 9.97 Å². The summed E-state index contributed by atoms with van der Waals surface area (Å²) in [6, 6.07) is 18.0. The Morgan fingerprint density at radius 1 is 1.12 bits per heavy atom. The average Bonchev–Trinajstić information content (AvgIpc) is 3.18. The van der Waals surface area contributed by atoms with Crippen molar-refractivity contribution < 1.29 is 9.53 Å². The Labute approximate surface area is 186 Å². The maximum atomic E-state index is 11.0. The molecule has 4 aromatic rings. The van der Waals surface area contributed by atoms with Gasteiger partial charge in [0.1, 0.15) is 30.1 Å². The van der Waals surface area contributed by atoms with Crippen LogP contribution in [0.4, 0.5) is 5.82 Å². The van der Waals surface area contributed by atoms with Crippen LogP contribution in [0.15, 0.2) is 79.3 Å². The number of nitrogens with zero attached hydrogens (tertiary/aromatic N) is 3. The molecule has 0 atom stereocenters. The second kappa shape index (κ2) is 9.78. The number of nitrogens with two attached hydrogens (primary N) is 1. The van der Waals surface area contributed by atoms with Crippen LogP contribution < -0.4 is 15.8 Å². The lowest BCUT2D eigenvalue weighted by atomic mass is 10.1. The van der Waals surface area contributed by atoms with E-state index in [1.807, 2.05) is 77.5 Å². The second-order valence-electron chi connectivity index (χ2n) is 7.36. The third-order valence-electron chi connectivity index (χ3n) is 5.01. The number of carbonyl (C=O) groups excluding carboxylic acids is 1. The highest BCUT2D eigenvalue weighted by Gasteiger charge is 2.15. The molecule has 0 saturated carbocycles. The SMILES string of the molecule is CC(=O)NC/C=C/Cn1cc(-c2cccc(OCc3ccccc3)c2)c2c(N)ncnc21. The summed E-state index contributed by atoms with van der Waals surface area (Å²) in [5.74, 6) is 1.15. The number of ether oxygens (including phenoxy) is 1.